The fraction of sp³-hybridized carbons (Fsp3) is 0.429. The molecular weight excluding hydrogens is 304 g/mol. The summed E-state index contributed by atoms with van der Waals surface area (Å²) in [4.78, 5) is 35.2. The molecule has 1 aliphatic rings. The number of carbonyl (C=O) groups is 2. The lowest BCUT2D eigenvalue weighted by molar-refractivity contribution is -0.384. The van der Waals surface area contributed by atoms with Crippen molar-refractivity contribution >= 4 is 23.3 Å². The number of urea groups is 1. The average molecular weight is 322 g/mol. The summed E-state index contributed by atoms with van der Waals surface area (Å²) in [5.74, 6) is -0.212. The Bertz CT molecular complexity index is 581. The Balaban J connectivity index is 1.76. The molecule has 1 aliphatic heterocycles. The number of hydrogen-bond donors (Lipinski definition) is 3. The maximum Gasteiger partial charge on any atom is 0.319 e. The van der Waals surface area contributed by atoms with Crippen LogP contribution in [0.2, 0.25) is 0 Å². The molecule has 1 aromatic carbocycles. The zero-order valence-corrected chi connectivity index (χ0v) is 12.4. The Kier molecular flexibility index (Phi) is 5.47. The summed E-state index contributed by atoms with van der Waals surface area (Å²) in [6.45, 7) is 0.812. The van der Waals surface area contributed by atoms with Crippen molar-refractivity contribution < 1.29 is 19.6 Å². The Morgan fingerprint density at radius 3 is 2.43 bits per heavy atom. The van der Waals surface area contributed by atoms with E-state index in [4.69, 9.17) is 0 Å². The molecule has 2 rings (SSSR count). The number of anilines is 1. The number of rotatable bonds is 4. The fourth-order valence-electron chi connectivity index (χ4n) is 2.22. The van der Waals surface area contributed by atoms with Gasteiger partial charge in [-0.2, -0.15) is 0 Å². The van der Waals surface area contributed by atoms with Crippen molar-refractivity contribution in [1.29, 1.82) is 0 Å². The Labute approximate surface area is 132 Å². The van der Waals surface area contributed by atoms with E-state index < -0.39 is 11.0 Å². The fourth-order valence-corrected chi connectivity index (χ4v) is 2.22. The summed E-state index contributed by atoms with van der Waals surface area (Å²) in [7, 11) is 0. The van der Waals surface area contributed by atoms with Crippen LogP contribution >= 0.6 is 0 Å². The Morgan fingerprint density at radius 2 is 1.87 bits per heavy atom. The molecule has 9 heteroatoms. The first kappa shape index (κ1) is 16.7. The molecule has 1 fully saturated rings. The number of piperidine rings is 1. The van der Waals surface area contributed by atoms with Crippen molar-refractivity contribution in [2.75, 3.05) is 25.0 Å². The molecule has 0 unspecified atom stereocenters. The summed E-state index contributed by atoms with van der Waals surface area (Å²) >= 11 is 0. The van der Waals surface area contributed by atoms with E-state index >= 15 is 0 Å². The zero-order valence-electron chi connectivity index (χ0n) is 12.4. The molecule has 0 saturated carbocycles. The molecular formula is C14H18N4O5. The maximum absolute atomic E-state index is 11.9. The van der Waals surface area contributed by atoms with Crippen LogP contribution in [0.1, 0.15) is 12.8 Å². The largest absolute Gasteiger partial charge is 0.393 e. The number of nitrogens with zero attached hydrogens (tertiary/aromatic N) is 2. The van der Waals surface area contributed by atoms with E-state index in [1.807, 2.05) is 0 Å². The standard InChI is InChI=1S/C14H18N4O5/c19-12-5-7-17(8-6-12)13(20)9-15-14(21)16-10-1-3-11(4-2-10)18(22)23/h1-4,12,19H,5-9H2,(H2,15,16,21). The second-order valence-electron chi connectivity index (χ2n) is 5.22. The topological polar surface area (TPSA) is 125 Å². The van der Waals surface area contributed by atoms with Crippen molar-refractivity contribution in [1.82, 2.24) is 10.2 Å². The van der Waals surface area contributed by atoms with Crippen LogP contribution in [0.25, 0.3) is 0 Å². The van der Waals surface area contributed by atoms with Gasteiger partial charge in [-0.1, -0.05) is 0 Å². The van der Waals surface area contributed by atoms with Gasteiger partial charge in [0.2, 0.25) is 5.91 Å². The van der Waals surface area contributed by atoms with Crippen molar-refractivity contribution in [3.05, 3.63) is 34.4 Å². The number of nitrogens with one attached hydrogen (secondary N) is 2. The van der Waals surface area contributed by atoms with Crippen LogP contribution in [0.4, 0.5) is 16.2 Å². The molecule has 1 aromatic rings. The van der Waals surface area contributed by atoms with Crippen molar-refractivity contribution in [3.8, 4) is 0 Å². The summed E-state index contributed by atoms with van der Waals surface area (Å²) in [6, 6.07) is 4.81. The highest BCUT2D eigenvalue weighted by Gasteiger charge is 2.21. The summed E-state index contributed by atoms with van der Waals surface area (Å²) in [5, 5.41) is 24.8. The van der Waals surface area contributed by atoms with E-state index in [-0.39, 0.29) is 24.2 Å². The van der Waals surface area contributed by atoms with E-state index in [9.17, 15) is 24.8 Å². The first-order chi connectivity index (χ1) is 11.0. The second kappa shape index (κ2) is 7.54. The molecule has 9 nitrogen and oxygen atoms in total. The van der Waals surface area contributed by atoms with Gasteiger partial charge in [0, 0.05) is 30.9 Å². The van der Waals surface area contributed by atoms with Crippen LogP contribution in [-0.4, -0.2) is 52.6 Å². The molecule has 0 bridgehead atoms. The van der Waals surface area contributed by atoms with Gasteiger partial charge in [-0.25, -0.2) is 4.79 Å². The van der Waals surface area contributed by atoms with Gasteiger partial charge in [0.15, 0.2) is 0 Å². The molecule has 23 heavy (non-hydrogen) atoms. The van der Waals surface area contributed by atoms with Crippen molar-refractivity contribution in [3.63, 3.8) is 0 Å². The molecule has 3 N–H and O–H groups in total. The highest BCUT2D eigenvalue weighted by molar-refractivity contribution is 5.92. The highest BCUT2D eigenvalue weighted by atomic mass is 16.6. The summed E-state index contributed by atoms with van der Waals surface area (Å²) in [6.07, 6.45) is 0.721. The van der Waals surface area contributed by atoms with Crippen LogP contribution in [0, 0.1) is 10.1 Å². The van der Waals surface area contributed by atoms with E-state index in [0.29, 0.717) is 31.6 Å². The minimum Gasteiger partial charge on any atom is -0.393 e. The van der Waals surface area contributed by atoms with Gasteiger partial charge >= 0.3 is 6.03 Å². The third kappa shape index (κ3) is 4.92. The van der Waals surface area contributed by atoms with Gasteiger partial charge in [-0.3, -0.25) is 14.9 Å². The second-order valence-corrected chi connectivity index (χ2v) is 5.22. The predicted octanol–water partition coefficient (Wildman–Crippen LogP) is 0.700. The number of non-ortho nitro benzene ring substituents is 1. The first-order valence-corrected chi connectivity index (χ1v) is 7.21. The van der Waals surface area contributed by atoms with Crippen molar-refractivity contribution in [2.45, 2.75) is 18.9 Å². The number of aliphatic hydroxyl groups is 1. The minimum atomic E-state index is -0.566. The normalized spacial score (nSPS) is 15.1. The number of likely N-dealkylation sites (tertiary alicyclic amines) is 1. The van der Waals surface area contributed by atoms with Crippen LogP contribution in [0.3, 0.4) is 0 Å². The van der Waals surface area contributed by atoms with Gasteiger partial charge in [-0.05, 0) is 25.0 Å². The van der Waals surface area contributed by atoms with E-state index in [0.717, 1.165) is 0 Å². The summed E-state index contributed by atoms with van der Waals surface area (Å²) < 4.78 is 0. The van der Waals surface area contributed by atoms with Gasteiger partial charge < -0.3 is 20.6 Å². The Hall–Kier alpha value is -2.68. The van der Waals surface area contributed by atoms with Crippen LogP contribution in [0.15, 0.2) is 24.3 Å². The minimum absolute atomic E-state index is 0.0709. The number of hydrogen-bond acceptors (Lipinski definition) is 5. The predicted molar refractivity (Wildman–Crippen MR) is 81.9 cm³/mol. The van der Waals surface area contributed by atoms with E-state index in [1.54, 1.807) is 4.90 Å². The molecule has 1 saturated heterocycles. The van der Waals surface area contributed by atoms with Crippen molar-refractivity contribution in [2.24, 2.45) is 0 Å². The molecule has 0 aromatic heterocycles. The molecule has 0 radical (unpaired) electrons. The lowest BCUT2D eigenvalue weighted by atomic mass is 10.1. The number of nitro groups is 1. The third-order valence-electron chi connectivity index (χ3n) is 3.55. The third-order valence-corrected chi connectivity index (χ3v) is 3.55. The number of nitro benzene ring substituents is 1. The molecule has 0 atom stereocenters. The first-order valence-electron chi connectivity index (χ1n) is 7.21. The van der Waals surface area contributed by atoms with Gasteiger partial charge in [0.1, 0.15) is 0 Å². The van der Waals surface area contributed by atoms with Crippen LogP contribution in [0.5, 0.6) is 0 Å². The highest BCUT2D eigenvalue weighted by Crippen LogP contribution is 2.15. The van der Waals surface area contributed by atoms with Crippen LogP contribution in [-0.2, 0) is 4.79 Å². The lowest BCUT2D eigenvalue weighted by Gasteiger charge is -2.29. The lowest BCUT2D eigenvalue weighted by Crippen LogP contribution is -2.45. The number of carbonyl (C=O) groups excluding carboxylic acids is 2. The van der Waals surface area contributed by atoms with Crippen LogP contribution < -0.4 is 10.6 Å². The zero-order chi connectivity index (χ0) is 16.8. The van der Waals surface area contributed by atoms with Gasteiger partial charge in [0.05, 0.1) is 17.6 Å². The average Bonchev–Trinajstić information content (AvgIpc) is 2.54. The number of benzene rings is 1. The number of amides is 3. The number of aliphatic hydroxyl groups excluding tert-OH is 1. The molecule has 0 spiro atoms. The van der Waals surface area contributed by atoms with Gasteiger partial charge in [-0.15, -0.1) is 0 Å². The smallest absolute Gasteiger partial charge is 0.319 e. The summed E-state index contributed by atoms with van der Waals surface area (Å²) in [5.41, 5.74) is 0.320. The van der Waals surface area contributed by atoms with E-state index in [2.05, 4.69) is 10.6 Å². The van der Waals surface area contributed by atoms with Gasteiger partial charge in [0.25, 0.3) is 5.69 Å². The molecule has 0 aliphatic carbocycles. The van der Waals surface area contributed by atoms with E-state index in [1.165, 1.54) is 24.3 Å². The monoisotopic (exact) mass is 322 g/mol. The SMILES string of the molecule is O=C(NCC(=O)N1CCC(O)CC1)Nc1ccc([N+](=O)[O-])cc1. The maximum atomic E-state index is 11.9. The molecule has 3 amide bonds. The Morgan fingerprint density at radius 1 is 1.26 bits per heavy atom. The molecule has 124 valence electrons. The quantitative estimate of drug-likeness (QED) is 0.556. The molecule has 1 heterocycles.